The van der Waals surface area contributed by atoms with Crippen LogP contribution in [0.4, 0.5) is 16.6 Å². The van der Waals surface area contributed by atoms with Crippen molar-refractivity contribution >= 4 is 23.4 Å². The number of nitrogens with one attached hydrogen (secondary N) is 2. The fourth-order valence-electron chi connectivity index (χ4n) is 6.46. The number of amides is 2. The second kappa shape index (κ2) is 12.7. The van der Waals surface area contributed by atoms with Crippen molar-refractivity contribution < 1.29 is 14.6 Å². The largest absolute Gasteiger partial charge is 0.484 e. The number of aromatic nitrogens is 7. The minimum atomic E-state index is -0.322. The van der Waals surface area contributed by atoms with Crippen LogP contribution in [-0.2, 0) is 12.0 Å². The van der Waals surface area contributed by atoms with E-state index in [-0.39, 0.29) is 30.2 Å². The van der Waals surface area contributed by atoms with Crippen molar-refractivity contribution in [1.82, 2.24) is 39.5 Å². The Morgan fingerprint density at radius 2 is 1.83 bits per heavy atom. The molecule has 5 aromatic rings. The Hall–Kier alpha value is -4.91. The smallest absolute Gasteiger partial charge is 0.320 e. The number of aliphatic hydroxyl groups excluding tert-OH is 1. The van der Waals surface area contributed by atoms with Gasteiger partial charge in [-0.1, -0.05) is 45.0 Å². The highest BCUT2D eigenvalue weighted by molar-refractivity contribution is 5.89. The van der Waals surface area contributed by atoms with Gasteiger partial charge in [-0.3, -0.25) is 14.4 Å². The van der Waals surface area contributed by atoms with Gasteiger partial charge in [-0.2, -0.15) is 10.2 Å². The number of hydrogen-bond donors (Lipinski definition) is 3. The third kappa shape index (κ3) is 6.39. The number of carbonyl (C=O) groups excluding carboxylic acids is 1. The molecule has 2 atom stereocenters. The van der Waals surface area contributed by atoms with Gasteiger partial charge < -0.3 is 20.1 Å². The van der Waals surface area contributed by atoms with E-state index in [0.717, 1.165) is 66.5 Å². The summed E-state index contributed by atoms with van der Waals surface area (Å²) in [4.78, 5) is 15.8. The maximum Gasteiger partial charge on any atom is 0.320 e. The first-order valence-corrected chi connectivity index (χ1v) is 16.4. The van der Waals surface area contributed by atoms with Crippen molar-refractivity contribution in [2.24, 2.45) is 0 Å². The number of ether oxygens (including phenoxy) is 1. The molecule has 1 aliphatic carbocycles. The second-order valence-electron chi connectivity index (χ2n) is 13.4. The number of piperidine rings is 1. The summed E-state index contributed by atoms with van der Waals surface area (Å²) in [5.74, 6) is 2.15. The summed E-state index contributed by atoms with van der Waals surface area (Å²) >= 11 is 0. The third-order valence-corrected chi connectivity index (χ3v) is 8.93. The van der Waals surface area contributed by atoms with E-state index in [9.17, 15) is 9.90 Å². The first-order valence-electron chi connectivity index (χ1n) is 16.4. The molecule has 0 saturated carbocycles. The van der Waals surface area contributed by atoms with Crippen molar-refractivity contribution in [1.29, 1.82) is 0 Å². The molecule has 13 nitrogen and oxygen atoms in total. The molecule has 0 radical (unpaired) electrons. The lowest BCUT2D eigenvalue weighted by molar-refractivity contribution is 0.171. The molecule has 1 saturated heterocycles. The van der Waals surface area contributed by atoms with Gasteiger partial charge in [0.05, 0.1) is 43.5 Å². The molecule has 2 unspecified atom stereocenters. The van der Waals surface area contributed by atoms with Gasteiger partial charge in [0.15, 0.2) is 5.65 Å². The van der Waals surface area contributed by atoms with Gasteiger partial charge in [-0.15, -0.1) is 10.2 Å². The van der Waals surface area contributed by atoms with Crippen LogP contribution in [0.25, 0.3) is 11.3 Å². The lowest BCUT2D eigenvalue weighted by Crippen LogP contribution is -2.36. The average molecular weight is 639 g/mol. The number of anilines is 2. The van der Waals surface area contributed by atoms with E-state index in [1.807, 2.05) is 40.9 Å². The molecule has 0 bridgehead atoms. The molecule has 13 heteroatoms. The maximum atomic E-state index is 13.5. The molecule has 7 rings (SSSR count). The van der Waals surface area contributed by atoms with Crippen LogP contribution in [0.5, 0.6) is 5.75 Å². The van der Waals surface area contributed by atoms with Crippen molar-refractivity contribution in [2.75, 3.05) is 29.9 Å². The molecule has 5 heterocycles. The number of nitrogens with zero attached hydrogens (tertiary/aromatic N) is 8. The lowest BCUT2D eigenvalue weighted by Gasteiger charge is -2.32. The Morgan fingerprint density at radius 3 is 2.62 bits per heavy atom. The molecule has 3 N–H and O–H groups in total. The van der Waals surface area contributed by atoms with E-state index in [2.05, 4.69) is 63.7 Å². The van der Waals surface area contributed by atoms with Crippen LogP contribution in [0.2, 0.25) is 0 Å². The Labute approximate surface area is 273 Å². The molecule has 2 aliphatic rings. The van der Waals surface area contributed by atoms with Crippen LogP contribution < -0.4 is 20.3 Å². The number of aliphatic hydroxyl groups is 1. The number of pyridine rings is 1. The molecule has 2 amide bonds. The van der Waals surface area contributed by atoms with Crippen LogP contribution in [0.15, 0.2) is 61.1 Å². The predicted molar refractivity (Wildman–Crippen MR) is 178 cm³/mol. The number of hydrogen-bond acceptors (Lipinski definition) is 8. The standard InChI is InChI=1S/C34H42N10O3/c1-34(2,3)29-19-31(44(40-29)23-20-35-42(21-23)17-18-45)37-32(46)36-27-12-13-28(26-10-6-5-9-25(26)27)47-24-11-14-30-38-39-33(43(30)22-24)41-15-7-4-8-16-41/h5-6,9-11,14,19-22,27-28,45H,4,7-8,12-13,15-18H2,1-3H3,(H2,36,37,46). The Bertz CT molecular complexity index is 1860. The first-order chi connectivity index (χ1) is 22.8. The number of benzene rings is 1. The fourth-order valence-corrected chi connectivity index (χ4v) is 6.46. The number of urea groups is 1. The van der Waals surface area contributed by atoms with Gasteiger partial charge in [0.2, 0.25) is 5.95 Å². The highest BCUT2D eigenvalue weighted by Gasteiger charge is 2.30. The van der Waals surface area contributed by atoms with E-state index < -0.39 is 0 Å². The van der Waals surface area contributed by atoms with Gasteiger partial charge in [0, 0.05) is 24.6 Å². The first kappa shape index (κ1) is 30.7. The van der Waals surface area contributed by atoms with Crippen LogP contribution in [0.1, 0.15) is 81.8 Å². The lowest BCUT2D eigenvalue weighted by atomic mass is 9.85. The van der Waals surface area contributed by atoms with E-state index in [1.54, 1.807) is 21.8 Å². The van der Waals surface area contributed by atoms with Gasteiger partial charge in [0.1, 0.15) is 23.4 Å². The molecule has 246 valence electrons. The van der Waals surface area contributed by atoms with E-state index in [1.165, 1.54) is 6.42 Å². The summed E-state index contributed by atoms with van der Waals surface area (Å²) in [6.07, 6.45) is 10.3. The van der Waals surface area contributed by atoms with Crippen LogP contribution >= 0.6 is 0 Å². The number of carbonyl (C=O) groups is 1. The third-order valence-electron chi connectivity index (χ3n) is 8.93. The molecular formula is C34H42N10O3. The van der Waals surface area contributed by atoms with Gasteiger partial charge in [0.25, 0.3) is 0 Å². The zero-order chi connectivity index (χ0) is 32.5. The zero-order valence-electron chi connectivity index (χ0n) is 27.1. The quantitative estimate of drug-likeness (QED) is 0.212. The average Bonchev–Trinajstić information content (AvgIpc) is 3.81. The van der Waals surface area contributed by atoms with E-state index >= 15 is 0 Å². The van der Waals surface area contributed by atoms with Crippen LogP contribution in [-0.4, -0.2) is 65.0 Å². The van der Waals surface area contributed by atoms with Gasteiger partial charge >= 0.3 is 6.03 Å². The summed E-state index contributed by atoms with van der Waals surface area (Å²) < 4.78 is 12.0. The van der Waals surface area contributed by atoms with E-state index in [4.69, 9.17) is 9.84 Å². The van der Waals surface area contributed by atoms with Crippen LogP contribution in [0, 0.1) is 0 Å². The second-order valence-corrected chi connectivity index (χ2v) is 13.4. The summed E-state index contributed by atoms with van der Waals surface area (Å²) in [5.41, 5.74) is 4.18. The summed E-state index contributed by atoms with van der Waals surface area (Å²) in [7, 11) is 0. The van der Waals surface area contributed by atoms with Crippen molar-refractivity contribution in [2.45, 2.75) is 77.0 Å². The van der Waals surface area contributed by atoms with Crippen molar-refractivity contribution in [3.05, 3.63) is 77.9 Å². The SMILES string of the molecule is CC(C)(C)c1cc(NC(=O)NC2CCC(Oc3ccc4nnc(N5CCCCC5)n4c3)c3ccccc32)n(-c2cnn(CCO)c2)n1. The van der Waals surface area contributed by atoms with Crippen LogP contribution in [0.3, 0.4) is 0 Å². The summed E-state index contributed by atoms with van der Waals surface area (Å²) in [5, 5.41) is 33.5. The Balaban J connectivity index is 1.08. The molecular weight excluding hydrogens is 596 g/mol. The minimum Gasteiger partial charge on any atom is -0.484 e. The van der Waals surface area contributed by atoms with E-state index in [0.29, 0.717) is 24.5 Å². The van der Waals surface area contributed by atoms with Gasteiger partial charge in [-0.25, -0.2) is 9.48 Å². The number of fused-ring (bicyclic) bond motifs is 2. The van der Waals surface area contributed by atoms with Crippen molar-refractivity contribution in [3.8, 4) is 11.4 Å². The predicted octanol–water partition coefficient (Wildman–Crippen LogP) is 5.17. The molecule has 1 aliphatic heterocycles. The zero-order valence-corrected chi connectivity index (χ0v) is 27.1. The summed E-state index contributed by atoms with van der Waals surface area (Å²) in [6, 6.07) is 13.4. The van der Waals surface area contributed by atoms with Crippen molar-refractivity contribution in [3.63, 3.8) is 0 Å². The Kier molecular flexibility index (Phi) is 8.31. The summed E-state index contributed by atoms with van der Waals surface area (Å²) in [6.45, 7) is 8.55. The fraction of sp³-hybridized carbons (Fsp3) is 0.441. The maximum absolute atomic E-state index is 13.5. The topological polar surface area (TPSA) is 140 Å². The highest BCUT2D eigenvalue weighted by atomic mass is 16.5. The highest BCUT2D eigenvalue weighted by Crippen LogP contribution is 2.39. The normalized spacial score (nSPS) is 18.3. The molecule has 1 aromatic carbocycles. The molecule has 0 spiro atoms. The number of rotatable bonds is 8. The molecule has 47 heavy (non-hydrogen) atoms. The monoisotopic (exact) mass is 638 g/mol. The molecule has 1 fully saturated rings. The Morgan fingerprint density at radius 1 is 1.02 bits per heavy atom. The molecule has 4 aromatic heterocycles. The van der Waals surface area contributed by atoms with Gasteiger partial charge in [-0.05, 0) is 55.4 Å². The minimum absolute atomic E-state index is 0.0211.